The lowest BCUT2D eigenvalue weighted by molar-refractivity contribution is -0.138. The maximum Gasteiger partial charge on any atom is 0.0878 e. The summed E-state index contributed by atoms with van der Waals surface area (Å²) in [6.07, 6.45) is 3.68. The minimum atomic E-state index is -0.944. The summed E-state index contributed by atoms with van der Waals surface area (Å²) in [6.45, 7) is 10.6. The molecule has 4 atom stereocenters. The smallest absolute Gasteiger partial charge is 0.0878 e. The van der Waals surface area contributed by atoms with Gasteiger partial charge in [-0.25, -0.2) is 0 Å². The Morgan fingerprint density at radius 2 is 1.89 bits per heavy atom. The van der Waals surface area contributed by atoms with E-state index in [1.54, 1.807) is 6.92 Å². The van der Waals surface area contributed by atoms with Crippen LogP contribution in [0.15, 0.2) is 12.2 Å². The van der Waals surface area contributed by atoms with E-state index in [4.69, 9.17) is 0 Å². The zero-order valence-corrected chi connectivity index (χ0v) is 13.3. The van der Waals surface area contributed by atoms with Gasteiger partial charge in [0.05, 0.1) is 11.7 Å². The van der Waals surface area contributed by atoms with Crippen LogP contribution in [0.4, 0.5) is 0 Å². The lowest BCUT2D eigenvalue weighted by atomic mass is 9.49. The predicted molar refractivity (Wildman–Crippen MR) is 77.8 cm³/mol. The van der Waals surface area contributed by atoms with Crippen molar-refractivity contribution < 1.29 is 10.2 Å². The van der Waals surface area contributed by atoms with E-state index in [1.807, 2.05) is 0 Å². The lowest BCUT2D eigenvalue weighted by Crippen LogP contribution is -2.57. The first-order valence-electron chi connectivity index (χ1n) is 6.86. The summed E-state index contributed by atoms with van der Waals surface area (Å²) in [5, 5.41) is 20.5. The second-order valence-electron chi connectivity index (χ2n) is 6.99. The molecule has 0 heterocycles. The van der Waals surface area contributed by atoms with Gasteiger partial charge in [0.15, 0.2) is 0 Å². The van der Waals surface area contributed by atoms with Crippen LogP contribution in [0.5, 0.6) is 0 Å². The number of aliphatic hydroxyl groups excluding tert-OH is 1. The van der Waals surface area contributed by atoms with E-state index in [1.165, 1.54) is 5.57 Å². The Kier molecular flexibility index (Phi) is 3.49. The Balaban J connectivity index is 2.37. The van der Waals surface area contributed by atoms with Crippen molar-refractivity contribution in [3.8, 4) is 0 Å². The van der Waals surface area contributed by atoms with Crippen LogP contribution in [0.2, 0.25) is 0 Å². The highest BCUT2D eigenvalue weighted by molar-refractivity contribution is 9.09. The normalized spacial score (nSPS) is 48.4. The van der Waals surface area contributed by atoms with Gasteiger partial charge in [0.25, 0.3) is 0 Å². The van der Waals surface area contributed by atoms with E-state index in [0.717, 1.165) is 19.3 Å². The Morgan fingerprint density at radius 1 is 1.28 bits per heavy atom. The first-order chi connectivity index (χ1) is 8.13. The summed E-state index contributed by atoms with van der Waals surface area (Å²) < 4.78 is 0. The van der Waals surface area contributed by atoms with Gasteiger partial charge in [-0.05, 0) is 49.9 Å². The van der Waals surface area contributed by atoms with Crippen molar-refractivity contribution in [3.63, 3.8) is 0 Å². The van der Waals surface area contributed by atoms with Gasteiger partial charge in [0.2, 0.25) is 0 Å². The van der Waals surface area contributed by atoms with Crippen LogP contribution in [0.3, 0.4) is 0 Å². The molecule has 0 aromatic heterocycles. The number of rotatable bonds is 0. The van der Waals surface area contributed by atoms with E-state index >= 15 is 0 Å². The van der Waals surface area contributed by atoms with Gasteiger partial charge in [0, 0.05) is 4.83 Å². The molecule has 2 nitrogen and oxygen atoms in total. The van der Waals surface area contributed by atoms with E-state index in [2.05, 4.69) is 36.4 Å². The van der Waals surface area contributed by atoms with Crippen molar-refractivity contribution in [2.24, 2.45) is 10.8 Å². The lowest BCUT2D eigenvalue weighted by Gasteiger charge is -2.59. The zero-order chi connectivity index (χ0) is 13.8. The highest BCUT2D eigenvalue weighted by Gasteiger charge is 2.57. The Labute approximate surface area is 119 Å². The quantitative estimate of drug-likeness (QED) is 0.531. The molecule has 0 unspecified atom stereocenters. The molecule has 2 rings (SSSR count). The molecule has 104 valence electrons. The molecule has 0 aromatic carbocycles. The average Bonchev–Trinajstić information content (AvgIpc) is 2.27. The van der Waals surface area contributed by atoms with E-state index in [9.17, 15) is 10.2 Å². The van der Waals surface area contributed by atoms with Gasteiger partial charge in [-0.3, -0.25) is 0 Å². The van der Waals surface area contributed by atoms with Gasteiger partial charge in [0.1, 0.15) is 0 Å². The van der Waals surface area contributed by atoms with Crippen molar-refractivity contribution in [2.45, 2.75) is 69.4 Å². The van der Waals surface area contributed by atoms with Crippen LogP contribution in [-0.2, 0) is 0 Å². The van der Waals surface area contributed by atoms with Crippen LogP contribution in [0.1, 0.15) is 52.9 Å². The minimum absolute atomic E-state index is 0.0406. The van der Waals surface area contributed by atoms with Crippen LogP contribution in [0.25, 0.3) is 0 Å². The molecule has 0 radical (unpaired) electrons. The molecule has 2 aliphatic rings. The second kappa shape index (κ2) is 4.32. The van der Waals surface area contributed by atoms with Crippen molar-refractivity contribution in [1.29, 1.82) is 0 Å². The fourth-order valence-corrected chi connectivity index (χ4v) is 4.52. The molecule has 2 aliphatic carbocycles. The zero-order valence-electron chi connectivity index (χ0n) is 11.7. The van der Waals surface area contributed by atoms with E-state index < -0.39 is 11.7 Å². The predicted octanol–water partition coefficient (Wildman–Crippen LogP) is 3.41. The first kappa shape index (κ1) is 14.5. The SMILES string of the molecule is C=C1CC[C@H](Br)C(C)(C)[C@]12CC[C@@](C)(O)[C@@H](O)C2. The molecule has 0 bridgehead atoms. The van der Waals surface area contributed by atoms with Crippen LogP contribution >= 0.6 is 15.9 Å². The summed E-state index contributed by atoms with van der Waals surface area (Å²) in [6, 6.07) is 0. The number of hydrogen-bond acceptors (Lipinski definition) is 2. The summed E-state index contributed by atoms with van der Waals surface area (Å²) in [5.41, 5.74) is 0.347. The molecular weight excluding hydrogens is 292 g/mol. The van der Waals surface area contributed by atoms with Crippen LogP contribution < -0.4 is 0 Å². The molecular formula is C15H25BrO2. The number of aliphatic hydroxyl groups is 2. The van der Waals surface area contributed by atoms with Gasteiger partial charge in [-0.15, -0.1) is 0 Å². The molecule has 2 saturated carbocycles. The van der Waals surface area contributed by atoms with Crippen molar-refractivity contribution in [3.05, 3.63) is 12.2 Å². The molecule has 0 amide bonds. The van der Waals surface area contributed by atoms with Crippen LogP contribution in [0, 0.1) is 10.8 Å². The Hall–Kier alpha value is 0.140. The monoisotopic (exact) mass is 316 g/mol. The maximum absolute atomic E-state index is 10.3. The number of halogens is 1. The molecule has 0 saturated heterocycles. The summed E-state index contributed by atoms with van der Waals surface area (Å²) in [5.74, 6) is 0. The van der Waals surface area contributed by atoms with Crippen LogP contribution in [-0.4, -0.2) is 26.7 Å². The average molecular weight is 317 g/mol. The van der Waals surface area contributed by atoms with Gasteiger partial charge in [-0.2, -0.15) is 0 Å². The number of alkyl halides is 1. The van der Waals surface area contributed by atoms with Gasteiger partial charge in [-0.1, -0.05) is 41.9 Å². The van der Waals surface area contributed by atoms with Gasteiger partial charge < -0.3 is 10.2 Å². The van der Waals surface area contributed by atoms with Crippen molar-refractivity contribution >= 4 is 15.9 Å². The molecule has 1 spiro atoms. The largest absolute Gasteiger partial charge is 0.390 e. The van der Waals surface area contributed by atoms with Crippen molar-refractivity contribution in [2.75, 3.05) is 0 Å². The summed E-state index contributed by atoms with van der Waals surface area (Å²) in [4.78, 5) is 0.450. The third-order valence-corrected chi connectivity index (χ3v) is 7.31. The third-order valence-electron chi connectivity index (χ3n) is 5.71. The molecule has 18 heavy (non-hydrogen) atoms. The Morgan fingerprint density at radius 3 is 2.44 bits per heavy atom. The molecule has 0 aliphatic heterocycles. The first-order valence-corrected chi connectivity index (χ1v) is 7.78. The molecule has 2 fully saturated rings. The number of hydrogen-bond donors (Lipinski definition) is 2. The molecule has 2 N–H and O–H groups in total. The van der Waals surface area contributed by atoms with E-state index in [-0.39, 0.29) is 10.8 Å². The number of allylic oxidation sites excluding steroid dienone is 1. The topological polar surface area (TPSA) is 40.5 Å². The fraction of sp³-hybridized carbons (Fsp3) is 0.867. The summed E-state index contributed by atoms with van der Waals surface area (Å²) in [7, 11) is 0. The third kappa shape index (κ3) is 1.90. The molecule has 0 aromatic rings. The van der Waals surface area contributed by atoms with Crippen molar-refractivity contribution in [1.82, 2.24) is 0 Å². The standard InChI is InChI=1S/C15H25BrO2/c1-10-5-6-11(16)13(2,3)15(10)8-7-14(4,18)12(17)9-15/h11-12,17-18H,1,5-9H2,2-4H3/t11-,12-,14+,15-/m0/s1. The maximum atomic E-state index is 10.3. The Bertz CT molecular complexity index is 362. The molecule has 3 heteroatoms. The van der Waals surface area contributed by atoms with E-state index in [0.29, 0.717) is 17.7 Å². The highest BCUT2D eigenvalue weighted by Crippen LogP contribution is 2.62. The fourth-order valence-electron chi connectivity index (χ4n) is 3.85. The minimum Gasteiger partial charge on any atom is -0.390 e. The van der Waals surface area contributed by atoms with Gasteiger partial charge >= 0.3 is 0 Å². The second-order valence-corrected chi connectivity index (χ2v) is 8.10. The highest BCUT2D eigenvalue weighted by atomic mass is 79.9. The summed E-state index contributed by atoms with van der Waals surface area (Å²) >= 11 is 3.81.